The van der Waals surface area contributed by atoms with Crippen molar-refractivity contribution in [1.82, 2.24) is 4.98 Å². The zero-order chi connectivity index (χ0) is 21.3. The fourth-order valence-corrected chi connectivity index (χ4v) is 4.19. The van der Waals surface area contributed by atoms with Gasteiger partial charge in [-0.2, -0.15) is 0 Å². The molecule has 1 amide bonds. The van der Waals surface area contributed by atoms with E-state index in [-0.39, 0.29) is 17.4 Å². The molecule has 1 N–H and O–H groups in total. The predicted molar refractivity (Wildman–Crippen MR) is 111 cm³/mol. The van der Waals surface area contributed by atoms with Gasteiger partial charge in [-0.1, -0.05) is 12.1 Å². The van der Waals surface area contributed by atoms with E-state index in [1.807, 2.05) is 0 Å². The summed E-state index contributed by atoms with van der Waals surface area (Å²) in [6.45, 7) is 1.76. The highest BCUT2D eigenvalue weighted by molar-refractivity contribution is 6.13. The van der Waals surface area contributed by atoms with Gasteiger partial charge in [0.15, 0.2) is 5.78 Å². The number of nitro groups is 1. The average molecular weight is 404 g/mol. The Morgan fingerprint density at radius 1 is 1.23 bits per heavy atom. The molecular weight excluding hydrogens is 384 g/mol. The predicted octanol–water partition coefficient (Wildman–Crippen LogP) is 3.81. The maximum Gasteiger partial charge on any atom is 0.269 e. The lowest BCUT2D eigenvalue weighted by Gasteiger charge is -2.34. The highest BCUT2D eigenvalue weighted by Gasteiger charge is 2.42. The number of benzene rings is 1. The Labute approximate surface area is 172 Å². The molecule has 2 aliphatic rings. The van der Waals surface area contributed by atoms with E-state index in [1.165, 1.54) is 18.3 Å². The number of carbonyl (C=O) groups excluding carboxylic acids is 2. The van der Waals surface area contributed by atoms with Crippen LogP contribution in [0.4, 0.5) is 11.4 Å². The van der Waals surface area contributed by atoms with Crippen LogP contribution in [0.1, 0.15) is 37.7 Å². The molecule has 2 heterocycles. The molecule has 0 spiro atoms. The number of aromatic nitrogens is 1. The number of non-ortho nitro benzene ring substituents is 1. The molecule has 0 saturated heterocycles. The van der Waals surface area contributed by atoms with E-state index < -0.39 is 16.8 Å². The molecule has 4 rings (SSSR count). The number of nitrogens with zero attached hydrogens (tertiary/aromatic N) is 3. The summed E-state index contributed by atoms with van der Waals surface area (Å²) >= 11 is 0. The summed E-state index contributed by atoms with van der Waals surface area (Å²) in [5.74, 6) is -1.76. The fourth-order valence-electron chi connectivity index (χ4n) is 4.19. The quantitative estimate of drug-likeness (QED) is 0.615. The monoisotopic (exact) mass is 404 g/mol. The second kappa shape index (κ2) is 7.98. The van der Waals surface area contributed by atoms with Gasteiger partial charge in [0, 0.05) is 47.7 Å². The third-order valence-corrected chi connectivity index (χ3v) is 5.49. The molecule has 2 aromatic rings. The van der Waals surface area contributed by atoms with Gasteiger partial charge in [-0.3, -0.25) is 29.7 Å². The lowest BCUT2D eigenvalue weighted by molar-refractivity contribution is -0.384. The van der Waals surface area contributed by atoms with Crippen molar-refractivity contribution in [3.8, 4) is 0 Å². The first kappa shape index (κ1) is 19.6. The molecule has 1 aromatic heterocycles. The lowest BCUT2D eigenvalue weighted by atomic mass is 9.71. The Balaban J connectivity index is 1.81. The summed E-state index contributed by atoms with van der Waals surface area (Å²) in [7, 11) is 0. The van der Waals surface area contributed by atoms with Crippen molar-refractivity contribution in [2.24, 2.45) is 10.9 Å². The van der Waals surface area contributed by atoms with Crippen LogP contribution in [0.2, 0.25) is 0 Å². The van der Waals surface area contributed by atoms with Crippen LogP contribution in [0, 0.1) is 16.0 Å². The first-order valence-electron chi connectivity index (χ1n) is 9.72. The van der Waals surface area contributed by atoms with Crippen LogP contribution in [0.25, 0.3) is 0 Å². The summed E-state index contributed by atoms with van der Waals surface area (Å²) in [5.41, 5.74) is 2.78. The van der Waals surface area contributed by atoms with Gasteiger partial charge in [0.1, 0.15) is 0 Å². The van der Waals surface area contributed by atoms with Crippen molar-refractivity contribution in [3.63, 3.8) is 0 Å². The second-order valence-electron chi connectivity index (χ2n) is 7.43. The molecule has 0 bridgehead atoms. The van der Waals surface area contributed by atoms with E-state index in [2.05, 4.69) is 15.3 Å². The van der Waals surface area contributed by atoms with Gasteiger partial charge in [0.25, 0.3) is 5.69 Å². The van der Waals surface area contributed by atoms with Crippen LogP contribution < -0.4 is 5.32 Å². The Bertz CT molecular complexity index is 1090. The zero-order valence-electron chi connectivity index (χ0n) is 16.4. The lowest BCUT2D eigenvalue weighted by Crippen LogP contribution is -2.39. The van der Waals surface area contributed by atoms with Crippen molar-refractivity contribution in [2.45, 2.75) is 32.1 Å². The molecule has 1 unspecified atom stereocenters. The second-order valence-corrected chi connectivity index (χ2v) is 7.43. The number of carbonyl (C=O) groups is 2. The van der Waals surface area contributed by atoms with Crippen LogP contribution in [0.3, 0.4) is 0 Å². The van der Waals surface area contributed by atoms with E-state index in [0.717, 1.165) is 0 Å². The van der Waals surface area contributed by atoms with Crippen LogP contribution in [0.15, 0.2) is 65.1 Å². The third-order valence-electron chi connectivity index (χ3n) is 5.49. The number of anilines is 1. The SMILES string of the molecule is CC1=NC2=C(C(=O)CCC2)[C@@H](c2cccc([N+](=O)[O-])c2)C1C(=O)Nc1cccnc1. The Morgan fingerprint density at radius 2 is 2.07 bits per heavy atom. The Kier molecular flexibility index (Phi) is 5.22. The molecule has 8 heteroatoms. The molecule has 2 atom stereocenters. The molecule has 8 nitrogen and oxygen atoms in total. The number of hydrogen-bond acceptors (Lipinski definition) is 6. The van der Waals surface area contributed by atoms with E-state index in [4.69, 9.17) is 0 Å². The van der Waals surface area contributed by atoms with E-state index >= 15 is 0 Å². The van der Waals surface area contributed by atoms with Crippen LogP contribution in [0.5, 0.6) is 0 Å². The number of hydrogen-bond donors (Lipinski definition) is 1. The zero-order valence-corrected chi connectivity index (χ0v) is 16.4. The molecule has 1 aliphatic carbocycles. The summed E-state index contributed by atoms with van der Waals surface area (Å²) in [6.07, 6.45) is 4.89. The number of Topliss-reactive ketones (excluding diaryl/α,β-unsaturated/α-hetero) is 1. The van der Waals surface area contributed by atoms with Gasteiger partial charge in [-0.25, -0.2) is 0 Å². The molecule has 1 aromatic carbocycles. The van der Waals surface area contributed by atoms with Gasteiger partial charge in [-0.05, 0) is 37.5 Å². The molecule has 0 saturated carbocycles. The van der Waals surface area contributed by atoms with Gasteiger partial charge in [0.05, 0.1) is 22.7 Å². The van der Waals surface area contributed by atoms with E-state index in [1.54, 1.807) is 37.4 Å². The van der Waals surface area contributed by atoms with Crippen molar-refractivity contribution in [1.29, 1.82) is 0 Å². The van der Waals surface area contributed by atoms with Crippen molar-refractivity contribution in [3.05, 3.63) is 75.7 Å². The smallest absolute Gasteiger partial charge is 0.269 e. The normalized spacial score (nSPS) is 21.0. The number of rotatable bonds is 4. The summed E-state index contributed by atoms with van der Waals surface area (Å²) in [6, 6.07) is 9.58. The minimum absolute atomic E-state index is 0.0526. The van der Waals surface area contributed by atoms with Gasteiger partial charge in [-0.15, -0.1) is 0 Å². The minimum Gasteiger partial charge on any atom is -0.324 e. The molecule has 152 valence electrons. The first-order chi connectivity index (χ1) is 14.5. The van der Waals surface area contributed by atoms with E-state index in [0.29, 0.717) is 47.5 Å². The summed E-state index contributed by atoms with van der Waals surface area (Å²) in [5, 5.41) is 14.2. The minimum atomic E-state index is -0.756. The summed E-state index contributed by atoms with van der Waals surface area (Å²) < 4.78 is 0. The number of nitro benzene ring substituents is 1. The third kappa shape index (κ3) is 3.63. The maximum absolute atomic E-state index is 13.3. The topological polar surface area (TPSA) is 115 Å². The van der Waals surface area contributed by atoms with Crippen molar-refractivity contribution < 1.29 is 14.5 Å². The Morgan fingerprint density at radius 3 is 2.80 bits per heavy atom. The first-order valence-corrected chi connectivity index (χ1v) is 9.72. The highest BCUT2D eigenvalue weighted by atomic mass is 16.6. The van der Waals surface area contributed by atoms with Crippen molar-refractivity contribution in [2.75, 3.05) is 5.32 Å². The molecular formula is C22H20N4O4. The molecule has 30 heavy (non-hydrogen) atoms. The van der Waals surface area contributed by atoms with Crippen LogP contribution in [-0.2, 0) is 9.59 Å². The fraction of sp³-hybridized carbons (Fsp3) is 0.273. The van der Waals surface area contributed by atoms with Gasteiger partial charge in [0.2, 0.25) is 5.91 Å². The van der Waals surface area contributed by atoms with Crippen molar-refractivity contribution >= 4 is 28.8 Å². The van der Waals surface area contributed by atoms with Crippen LogP contribution in [-0.4, -0.2) is 27.3 Å². The van der Waals surface area contributed by atoms with Gasteiger partial charge < -0.3 is 5.32 Å². The summed E-state index contributed by atoms with van der Waals surface area (Å²) in [4.78, 5) is 45.6. The molecule has 1 aliphatic heterocycles. The number of pyridine rings is 1. The Hall–Kier alpha value is -3.68. The van der Waals surface area contributed by atoms with E-state index in [9.17, 15) is 19.7 Å². The highest BCUT2D eigenvalue weighted by Crippen LogP contribution is 2.44. The largest absolute Gasteiger partial charge is 0.324 e. The number of ketones is 1. The molecule has 0 fully saturated rings. The number of amides is 1. The number of nitrogens with one attached hydrogen (secondary N) is 1. The average Bonchev–Trinajstić information content (AvgIpc) is 2.73. The number of aliphatic imine (C=N–C) groups is 1. The number of allylic oxidation sites excluding steroid dienone is 2. The standard InChI is InChI=1S/C22H20N4O4/c1-13-19(22(28)25-15-6-4-10-23-12-15)20(14-5-2-7-16(11-14)26(29)30)21-17(24-13)8-3-9-18(21)27/h2,4-7,10-12,19-20H,3,8-9H2,1H3,(H,25,28)/t19?,20-/m0/s1. The maximum atomic E-state index is 13.3. The van der Waals surface area contributed by atoms with Crippen LogP contribution >= 0.6 is 0 Å². The molecule has 0 radical (unpaired) electrons. The van der Waals surface area contributed by atoms with Gasteiger partial charge >= 0.3 is 0 Å².